The molecule has 4 nitrogen and oxygen atoms in total. The van der Waals surface area contributed by atoms with Gasteiger partial charge in [0, 0.05) is 22.7 Å². The van der Waals surface area contributed by atoms with E-state index < -0.39 is 0 Å². The van der Waals surface area contributed by atoms with E-state index in [4.69, 9.17) is 5.73 Å². The molecule has 4 heteroatoms. The standard InChI is InChI=1S/C20H19N3O/c21-19-9-5-4-6-15(19)14-20(24)23-18-12-10-17(11-13-18)22-16-7-2-1-3-8-16/h1-13,22H,14,21H2,(H,23,24). The van der Waals surface area contributed by atoms with Gasteiger partial charge in [0.15, 0.2) is 0 Å². The van der Waals surface area contributed by atoms with Crippen molar-refractivity contribution in [3.8, 4) is 0 Å². The van der Waals surface area contributed by atoms with Gasteiger partial charge in [0.25, 0.3) is 0 Å². The van der Waals surface area contributed by atoms with Crippen LogP contribution in [0.15, 0.2) is 78.9 Å². The zero-order valence-electron chi connectivity index (χ0n) is 13.2. The topological polar surface area (TPSA) is 67.2 Å². The summed E-state index contributed by atoms with van der Waals surface area (Å²) in [5.41, 5.74) is 10.1. The number of para-hydroxylation sites is 2. The second-order valence-corrected chi connectivity index (χ2v) is 5.49. The van der Waals surface area contributed by atoms with Gasteiger partial charge in [0.1, 0.15) is 0 Å². The SMILES string of the molecule is Nc1ccccc1CC(=O)Nc1ccc(Nc2ccccc2)cc1. The van der Waals surface area contributed by atoms with Crippen LogP contribution in [0.5, 0.6) is 0 Å². The zero-order chi connectivity index (χ0) is 16.8. The Morgan fingerprint density at radius 2 is 1.33 bits per heavy atom. The van der Waals surface area contributed by atoms with Gasteiger partial charge in [-0.2, -0.15) is 0 Å². The molecule has 0 fully saturated rings. The second kappa shape index (κ2) is 7.33. The number of benzene rings is 3. The van der Waals surface area contributed by atoms with E-state index >= 15 is 0 Å². The van der Waals surface area contributed by atoms with E-state index in [9.17, 15) is 4.79 Å². The first kappa shape index (κ1) is 15.6. The molecule has 120 valence electrons. The average molecular weight is 317 g/mol. The number of amides is 1. The smallest absolute Gasteiger partial charge is 0.228 e. The average Bonchev–Trinajstić information content (AvgIpc) is 2.60. The fourth-order valence-corrected chi connectivity index (χ4v) is 2.40. The molecular weight excluding hydrogens is 298 g/mol. The van der Waals surface area contributed by atoms with Crippen LogP contribution in [0.1, 0.15) is 5.56 Å². The Morgan fingerprint density at radius 1 is 0.750 bits per heavy atom. The van der Waals surface area contributed by atoms with Crippen LogP contribution in [-0.2, 0) is 11.2 Å². The van der Waals surface area contributed by atoms with Gasteiger partial charge in [-0.1, -0.05) is 36.4 Å². The summed E-state index contributed by atoms with van der Waals surface area (Å²) in [5.74, 6) is -0.0864. The summed E-state index contributed by atoms with van der Waals surface area (Å²) in [7, 11) is 0. The lowest BCUT2D eigenvalue weighted by Gasteiger charge is -2.09. The summed E-state index contributed by atoms with van der Waals surface area (Å²) in [5, 5.41) is 6.19. The first-order chi connectivity index (χ1) is 11.7. The second-order valence-electron chi connectivity index (χ2n) is 5.49. The summed E-state index contributed by atoms with van der Waals surface area (Å²) in [6, 6.07) is 24.9. The predicted molar refractivity (Wildman–Crippen MR) is 99.4 cm³/mol. The van der Waals surface area contributed by atoms with Crippen LogP contribution >= 0.6 is 0 Å². The maximum absolute atomic E-state index is 12.1. The number of nitrogen functional groups attached to an aromatic ring is 1. The Balaban J connectivity index is 1.60. The molecule has 1 amide bonds. The lowest BCUT2D eigenvalue weighted by molar-refractivity contribution is -0.115. The maximum atomic E-state index is 12.1. The Hall–Kier alpha value is -3.27. The molecule has 3 aromatic rings. The molecule has 3 rings (SSSR count). The Morgan fingerprint density at radius 3 is 2.04 bits per heavy atom. The van der Waals surface area contributed by atoms with Crippen molar-refractivity contribution in [1.29, 1.82) is 0 Å². The highest BCUT2D eigenvalue weighted by atomic mass is 16.1. The maximum Gasteiger partial charge on any atom is 0.228 e. The summed E-state index contributed by atoms with van der Waals surface area (Å²) >= 11 is 0. The highest BCUT2D eigenvalue weighted by molar-refractivity contribution is 5.93. The molecule has 0 aromatic heterocycles. The minimum Gasteiger partial charge on any atom is -0.398 e. The lowest BCUT2D eigenvalue weighted by Crippen LogP contribution is -2.15. The molecule has 0 saturated heterocycles. The third kappa shape index (κ3) is 4.14. The normalized spacial score (nSPS) is 10.2. The number of hydrogen-bond acceptors (Lipinski definition) is 3. The first-order valence-electron chi connectivity index (χ1n) is 7.76. The number of carbonyl (C=O) groups is 1. The molecule has 0 aliphatic rings. The van der Waals surface area contributed by atoms with E-state index in [1.807, 2.05) is 72.8 Å². The van der Waals surface area contributed by atoms with Gasteiger partial charge in [-0.05, 0) is 48.0 Å². The molecular formula is C20H19N3O. The Bertz CT molecular complexity index is 814. The minimum absolute atomic E-state index is 0.0864. The van der Waals surface area contributed by atoms with Crippen LogP contribution in [0.4, 0.5) is 22.7 Å². The van der Waals surface area contributed by atoms with E-state index in [1.54, 1.807) is 6.07 Å². The zero-order valence-corrected chi connectivity index (χ0v) is 13.2. The van der Waals surface area contributed by atoms with E-state index in [2.05, 4.69) is 10.6 Å². The van der Waals surface area contributed by atoms with Crippen molar-refractivity contribution >= 4 is 28.7 Å². The van der Waals surface area contributed by atoms with Crippen molar-refractivity contribution in [2.24, 2.45) is 0 Å². The largest absolute Gasteiger partial charge is 0.398 e. The van der Waals surface area contributed by atoms with E-state index in [1.165, 1.54) is 0 Å². The van der Waals surface area contributed by atoms with Gasteiger partial charge < -0.3 is 16.4 Å². The van der Waals surface area contributed by atoms with Crippen LogP contribution in [0.3, 0.4) is 0 Å². The fraction of sp³-hybridized carbons (Fsp3) is 0.0500. The summed E-state index contributed by atoms with van der Waals surface area (Å²) in [6.45, 7) is 0. The summed E-state index contributed by atoms with van der Waals surface area (Å²) < 4.78 is 0. The van der Waals surface area contributed by atoms with E-state index in [-0.39, 0.29) is 12.3 Å². The highest BCUT2D eigenvalue weighted by Crippen LogP contribution is 2.19. The van der Waals surface area contributed by atoms with Gasteiger partial charge in [0.2, 0.25) is 5.91 Å². The highest BCUT2D eigenvalue weighted by Gasteiger charge is 2.06. The van der Waals surface area contributed by atoms with Crippen molar-refractivity contribution < 1.29 is 4.79 Å². The third-order valence-electron chi connectivity index (χ3n) is 3.64. The molecule has 0 atom stereocenters. The van der Waals surface area contributed by atoms with Crippen molar-refractivity contribution in [1.82, 2.24) is 0 Å². The Labute approximate surface area is 141 Å². The molecule has 0 spiro atoms. The monoisotopic (exact) mass is 317 g/mol. The predicted octanol–water partition coefficient (Wildman–Crippen LogP) is 4.19. The molecule has 0 unspecified atom stereocenters. The van der Waals surface area contributed by atoms with Crippen LogP contribution in [0.2, 0.25) is 0 Å². The van der Waals surface area contributed by atoms with Crippen molar-refractivity contribution in [3.63, 3.8) is 0 Å². The number of hydrogen-bond donors (Lipinski definition) is 3. The molecule has 0 aliphatic carbocycles. The molecule has 24 heavy (non-hydrogen) atoms. The molecule has 0 heterocycles. The minimum atomic E-state index is -0.0864. The number of carbonyl (C=O) groups excluding carboxylic acids is 1. The molecule has 4 N–H and O–H groups in total. The van der Waals surface area contributed by atoms with Gasteiger partial charge in [-0.25, -0.2) is 0 Å². The number of nitrogens with two attached hydrogens (primary N) is 1. The summed E-state index contributed by atoms with van der Waals surface area (Å²) in [4.78, 5) is 12.1. The number of nitrogens with one attached hydrogen (secondary N) is 2. The van der Waals surface area contributed by atoms with Crippen molar-refractivity contribution in [2.45, 2.75) is 6.42 Å². The van der Waals surface area contributed by atoms with Gasteiger partial charge in [0.05, 0.1) is 6.42 Å². The summed E-state index contributed by atoms with van der Waals surface area (Å²) in [6.07, 6.45) is 0.261. The van der Waals surface area contributed by atoms with E-state index in [0.717, 1.165) is 22.6 Å². The van der Waals surface area contributed by atoms with Crippen molar-refractivity contribution in [2.75, 3.05) is 16.4 Å². The molecule has 0 bridgehead atoms. The van der Waals surface area contributed by atoms with Crippen LogP contribution in [0, 0.1) is 0 Å². The molecule has 3 aromatic carbocycles. The fourth-order valence-electron chi connectivity index (χ4n) is 2.40. The lowest BCUT2D eigenvalue weighted by atomic mass is 10.1. The Kier molecular flexibility index (Phi) is 4.77. The van der Waals surface area contributed by atoms with Gasteiger partial charge in [-0.15, -0.1) is 0 Å². The van der Waals surface area contributed by atoms with Gasteiger partial charge in [-0.3, -0.25) is 4.79 Å². The van der Waals surface area contributed by atoms with Gasteiger partial charge >= 0.3 is 0 Å². The van der Waals surface area contributed by atoms with Crippen LogP contribution < -0.4 is 16.4 Å². The molecule has 0 aliphatic heterocycles. The van der Waals surface area contributed by atoms with Crippen LogP contribution in [0.25, 0.3) is 0 Å². The number of anilines is 4. The molecule has 0 radical (unpaired) electrons. The third-order valence-corrected chi connectivity index (χ3v) is 3.64. The first-order valence-corrected chi connectivity index (χ1v) is 7.76. The quantitative estimate of drug-likeness (QED) is 0.618. The van der Waals surface area contributed by atoms with E-state index in [0.29, 0.717) is 5.69 Å². The van der Waals surface area contributed by atoms with Crippen LogP contribution in [-0.4, -0.2) is 5.91 Å². The van der Waals surface area contributed by atoms with Crippen molar-refractivity contribution in [3.05, 3.63) is 84.4 Å². The number of rotatable bonds is 5. The molecule has 0 saturated carbocycles.